The predicted octanol–water partition coefficient (Wildman–Crippen LogP) is 3.23. The van der Waals surface area contributed by atoms with Crippen LogP contribution in [0.3, 0.4) is 0 Å². The molecule has 9 heteroatoms. The van der Waals surface area contributed by atoms with E-state index in [-0.39, 0.29) is 25.4 Å². The topological polar surface area (TPSA) is 46.5 Å². The van der Waals surface area contributed by atoms with Crippen LogP contribution in [0.25, 0.3) is 0 Å². The van der Waals surface area contributed by atoms with Gasteiger partial charge in [0.15, 0.2) is 0 Å². The molecule has 0 aliphatic heterocycles. The highest BCUT2D eigenvalue weighted by atomic mass is 19.4. The van der Waals surface area contributed by atoms with Gasteiger partial charge in [0.05, 0.1) is 6.61 Å². The zero-order chi connectivity index (χ0) is 17.6. The van der Waals surface area contributed by atoms with Crippen molar-refractivity contribution < 1.29 is 41.0 Å². The summed E-state index contributed by atoms with van der Waals surface area (Å²) in [6.45, 7) is 3.13. The molecule has 2 fully saturated rings. The summed E-state index contributed by atoms with van der Waals surface area (Å²) < 4.78 is 82.4. The molecule has 2 aliphatic carbocycles. The Morgan fingerprint density at radius 3 is 2.04 bits per heavy atom. The van der Waals surface area contributed by atoms with E-state index in [1.807, 2.05) is 0 Å². The largest absolute Gasteiger partial charge is 0.462 e. The first-order valence-corrected chi connectivity index (χ1v) is 7.06. The smallest absolute Gasteiger partial charge is 0.426 e. The lowest BCUT2D eigenvalue weighted by atomic mass is 9.72. The normalized spacial score (nSPS) is 31.3. The van der Waals surface area contributed by atoms with Gasteiger partial charge in [0.25, 0.3) is 5.60 Å². The summed E-state index contributed by atoms with van der Waals surface area (Å²) in [5.74, 6) is -4.23. The number of rotatable bonds is 4. The molecule has 0 spiro atoms. The molecular weight excluding hydrogens is 330 g/mol. The molecular formula is C14H16F6O3. The summed E-state index contributed by atoms with van der Waals surface area (Å²) in [6, 6.07) is 0. The summed E-state index contributed by atoms with van der Waals surface area (Å²) in [5, 5.41) is 9.50. The van der Waals surface area contributed by atoms with Gasteiger partial charge in [-0.15, -0.1) is 0 Å². The summed E-state index contributed by atoms with van der Waals surface area (Å²) in [7, 11) is 0. The van der Waals surface area contributed by atoms with Crippen LogP contribution in [-0.2, 0) is 9.53 Å². The van der Waals surface area contributed by atoms with Gasteiger partial charge < -0.3 is 9.84 Å². The molecule has 0 saturated heterocycles. The molecule has 2 rings (SSSR count). The zero-order valence-electron chi connectivity index (χ0n) is 12.0. The highest BCUT2D eigenvalue weighted by molar-refractivity contribution is 5.81. The second-order valence-electron chi connectivity index (χ2n) is 6.19. The Morgan fingerprint density at radius 1 is 1.09 bits per heavy atom. The van der Waals surface area contributed by atoms with Crippen molar-refractivity contribution in [2.24, 2.45) is 23.7 Å². The van der Waals surface area contributed by atoms with E-state index in [2.05, 4.69) is 6.58 Å². The average molecular weight is 346 g/mol. The van der Waals surface area contributed by atoms with Crippen molar-refractivity contribution in [2.75, 3.05) is 6.61 Å². The van der Waals surface area contributed by atoms with Crippen molar-refractivity contribution in [3.05, 3.63) is 12.7 Å². The fraction of sp³-hybridized carbons (Fsp3) is 0.786. The minimum Gasteiger partial charge on any atom is -0.462 e. The Morgan fingerprint density at radius 2 is 1.65 bits per heavy atom. The van der Waals surface area contributed by atoms with Gasteiger partial charge in [0.1, 0.15) is 0 Å². The number of esters is 1. The van der Waals surface area contributed by atoms with Crippen molar-refractivity contribution in [1.82, 2.24) is 0 Å². The molecule has 0 aromatic rings. The molecule has 23 heavy (non-hydrogen) atoms. The second-order valence-corrected chi connectivity index (χ2v) is 6.19. The Bertz CT molecular complexity index is 470. The van der Waals surface area contributed by atoms with E-state index >= 15 is 0 Å². The molecule has 1 N–H and O–H groups in total. The monoisotopic (exact) mass is 346 g/mol. The summed E-state index contributed by atoms with van der Waals surface area (Å²) in [4.78, 5) is 11.0. The quantitative estimate of drug-likeness (QED) is 0.483. The zero-order valence-corrected chi connectivity index (χ0v) is 12.0. The molecule has 2 saturated carbocycles. The number of carbonyl (C=O) groups excluding carboxylic acids is 1. The van der Waals surface area contributed by atoms with Gasteiger partial charge in [-0.05, 0) is 37.0 Å². The number of ether oxygens (including phenoxy) is 1. The first-order chi connectivity index (χ1) is 10.4. The molecule has 0 amide bonds. The van der Waals surface area contributed by atoms with Crippen LogP contribution < -0.4 is 0 Å². The SMILES string of the molecule is C=CC(=O)OCC1CC2CC1CC2C(O)(C(F)(F)F)C(F)(F)F. The molecule has 2 bridgehead atoms. The van der Waals surface area contributed by atoms with Gasteiger partial charge in [-0.2, -0.15) is 26.3 Å². The molecule has 4 atom stereocenters. The van der Waals surface area contributed by atoms with Gasteiger partial charge in [0.2, 0.25) is 0 Å². The first kappa shape index (κ1) is 18.1. The van der Waals surface area contributed by atoms with E-state index < -0.39 is 48.1 Å². The minimum absolute atomic E-state index is 0.0603. The first-order valence-electron chi connectivity index (χ1n) is 7.06. The highest BCUT2D eigenvalue weighted by Gasteiger charge is 2.76. The second kappa shape index (κ2) is 5.68. The average Bonchev–Trinajstić information content (AvgIpc) is 3.00. The van der Waals surface area contributed by atoms with Crippen LogP contribution in [-0.4, -0.2) is 35.6 Å². The lowest BCUT2D eigenvalue weighted by Gasteiger charge is -2.41. The van der Waals surface area contributed by atoms with E-state index in [0.29, 0.717) is 0 Å². The Labute approximate surface area is 128 Å². The fourth-order valence-electron chi connectivity index (χ4n) is 3.94. The van der Waals surface area contributed by atoms with E-state index in [1.54, 1.807) is 0 Å². The van der Waals surface area contributed by atoms with Crippen LogP contribution in [0.5, 0.6) is 0 Å². The van der Waals surface area contributed by atoms with Crippen LogP contribution >= 0.6 is 0 Å². The highest BCUT2D eigenvalue weighted by Crippen LogP contribution is 2.61. The number of halogens is 6. The lowest BCUT2D eigenvalue weighted by molar-refractivity contribution is -0.389. The van der Waals surface area contributed by atoms with Gasteiger partial charge in [-0.3, -0.25) is 0 Å². The van der Waals surface area contributed by atoms with Crippen LogP contribution in [0.4, 0.5) is 26.3 Å². The number of carbonyl (C=O) groups is 1. The third-order valence-electron chi connectivity index (χ3n) is 5.01. The molecule has 3 nitrogen and oxygen atoms in total. The molecule has 0 aromatic heterocycles. The van der Waals surface area contributed by atoms with Crippen molar-refractivity contribution in [1.29, 1.82) is 0 Å². The Hall–Kier alpha value is -1.25. The van der Waals surface area contributed by atoms with Crippen molar-refractivity contribution >= 4 is 5.97 Å². The number of hydrogen-bond acceptors (Lipinski definition) is 3. The predicted molar refractivity (Wildman–Crippen MR) is 66.0 cm³/mol. The maximum atomic E-state index is 12.9. The van der Waals surface area contributed by atoms with Crippen molar-refractivity contribution in [3.63, 3.8) is 0 Å². The summed E-state index contributed by atoms with van der Waals surface area (Å²) >= 11 is 0. The molecule has 132 valence electrons. The van der Waals surface area contributed by atoms with Crippen LogP contribution in [0.15, 0.2) is 12.7 Å². The molecule has 0 aromatic carbocycles. The van der Waals surface area contributed by atoms with Crippen LogP contribution in [0, 0.1) is 23.7 Å². The molecule has 2 aliphatic rings. The van der Waals surface area contributed by atoms with E-state index in [1.165, 1.54) is 0 Å². The van der Waals surface area contributed by atoms with Crippen molar-refractivity contribution in [2.45, 2.75) is 37.2 Å². The third kappa shape index (κ3) is 2.95. The standard InChI is InChI=1S/C14H16F6O3/c1-2-11(21)23-6-9-4-8-3-7(9)5-10(8)12(22,13(15,16)17)14(18,19)20/h2,7-10,22H,1,3-6H2. The van der Waals surface area contributed by atoms with E-state index in [4.69, 9.17) is 4.74 Å². The fourth-order valence-corrected chi connectivity index (χ4v) is 3.94. The number of hydrogen-bond donors (Lipinski definition) is 1. The maximum absolute atomic E-state index is 12.9. The van der Waals surface area contributed by atoms with Crippen molar-refractivity contribution in [3.8, 4) is 0 Å². The molecule has 0 heterocycles. The number of aliphatic hydroxyl groups is 1. The Kier molecular flexibility index (Phi) is 4.47. The number of alkyl halides is 6. The lowest BCUT2D eigenvalue weighted by Crippen LogP contribution is -2.63. The minimum atomic E-state index is -5.79. The molecule has 0 radical (unpaired) electrons. The van der Waals surface area contributed by atoms with E-state index in [9.17, 15) is 36.2 Å². The summed E-state index contributed by atoms with van der Waals surface area (Å²) in [6.07, 6.45) is -10.8. The van der Waals surface area contributed by atoms with E-state index in [0.717, 1.165) is 6.08 Å². The van der Waals surface area contributed by atoms with Gasteiger partial charge in [-0.1, -0.05) is 6.58 Å². The third-order valence-corrected chi connectivity index (χ3v) is 5.01. The van der Waals surface area contributed by atoms with Gasteiger partial charge in [0, 0.05) is 12.0 Å². The number of fused-ring (bicyclic) bond motifs is 2. The summed E-state index contributed by atoms with van der Waals surface area (Å²) in [5.41, 5.74) is -4.69. The van der Waals surface area contributed by atoms with Crippen LogP contribution in [0.1, 0.15) is 19.3 Å². The molecule has 4 unspecified atom stereocenters. The van der Waals surface area contributed by atoms with Crippen LogP contribution in [0.2, 0.25) is 0 Å². The maximum Gasteiger partial charge on any atom is 0.426 e. The van der Waals surface area contributed by atoms with Gasteiger partial charge >= 0.3 is 18.3 Å². The van der Waals surface area contributed by atoms with Gasteiger partial charge in [-0.25, -0.2) is 4.79 Å². The Balaban J connectivity index is 2.11.